The van der Waals surface area contributed by atoms with Crippen LogP contribution >= 0.6 is 11.6 Å². The summed E-state index contributed by atoms with van der Waals surface area (Å²) >= 11 is 6.13. The Morgan fingerprint density at radius 3 is 2.47 bits per heavy atom. The molecule has 2 heterocycles. The van der Waals surface area contributed by atoms with E-state index in [4.69, 9.17) is 16.3 Å². The number of benzene rings is 2. The number of nitrogens with zero attached hydrogens (tertiary/aromatic N) is 2. The van der Waals surface area contributed by atoms with Crippen LogP contribution in [0.2, 0.25) is 5.02 Å². The molecule has 6 heteroatoms. The number of anilines is 1. The van der Waals surface area contributed by atoms with Crippen molar-refractivity contribution in [2.45, 2.75) is 46.1 Å². The molecule has 160 valence electrons. The Labute approximate surface area is 183 Å². The average Bonchev–Trinajstić information content (AvgIpc) is 2.76. The van der Waals surface area contributed by atoms with Crippen LogP contribution in [0.5, 0.6) is 11.5 Å². The quantitative estimate of drug-likeness (QED) is 0.770. The smallest absolute Gasteiger partial charge is 0.266 e. The Hall–Kier alpha value is -2.40. The van der Waals surface area contributed by atoms with Crippen LogP contribution in [-0.4, -0.2) is 47.7 Å². The highest BCUT2D eigenvalue weighted by atomic mass is 35.5. The normalized spacial score (nSPS) is 21.2. The van der Waals surface area contributed by atoms with Crippen LogP contribution in [0.15, 0.2) is 24.3 Å². The van der Waals surface area contributed by atoms with Gasteiger partial charge in [-0.2, -0.15) is 0 Å². The van der Waals surface area contributed by atoms with E-state index in [0.717, 1.165) is 58.2 Å². The number of phenols is 1. The van der Waals surface area contributed by atoms with E-state index in [0.29, 0.717) is 25.3 Å². The van der Waals surface area contributed by atoms with Crippen LogP contribution < -0.4 is 9.64 Å². The summed E-state index contributed by atoms with van der Waals surface area (Å²) in [7, 11) is 0. The molecule has 0 spiro atoms. The molecule has 4 rings (SSSR count). The van der Waals surface area contributed by atoms with E-state index in [1.54, 1.807) is 0 Å². The molecule has 1 saturated heterocycles. The third-order valence-electron chi connectivity index (χ3n) is 6.71. The number of hydrogen-bond acceptors (Lipinski definition) is 4. The number of fused-ring (bicyclic) bond motifs is 1. The van der Waals surface area contributed by atoms with Crippen molar-refractivity contribution in [2.75, 3.05) is 31.1 Å². The molecule has 5 nitrogen and oxygen atoms in total. The van der Waals surface area contributed by atoms with Gasteiger partial charge in [0.2, 0.25) is 0 Å². The third kappa shape index (κ3) is 3.49. The van der Waals surface area contributed by atoms with Crippen LogP contribution in [0.1, 0.15) is 35.6 Å². The monoisotopic (exact) mass is 428 g/mol. The zero-order chi connectivity index (χ0) is 21.6. The summed E-state index contributed by atoms with van der Waals surface area (Å²) < 4.78 is 6.38. The number of carbonyl (C=O) groups is 1. The van der Waals surface area contributed by atoms with Crippen molar-refractivity contribution in [3.63, 3.8) is 0 Å². The number of rotatable bonds is 2. The summed E-state index contributed by atoms with van der Waals surface area (Å²) in [6.45, 7) is 10.5. The fraction of sp³-hybridized carbons (Fsp3) is 0.458. The van der Waals surface area contributed by atoms with Gasteiger partial charge in [0.15, 0.2) is 5.60 Å². The van der Waals surface area contributed by atoms with Gasteiger partial charge in [-0.25, -0.2) is 0 Å². The largest absolute Gasteiger partial charge is 0.507 e. The number of carbonyl (C=O) groups excluding carboxylic acids is 1. The SMILES string of the molecule is Cc1c(C)c2c(c(C)c1O)CCC(C)(C(=O)N1CCN(c3cccc(Cl)c3)CC1)O2. The van der Waals surface area contributed by atoms with Crippen LogP contribution in [0.4, 0.5) is 5.69 Å². The second kappa shape index (κ2) is 7.69. The second-order valence-electron chi connectivity index (χ2n) is 8.62. The molecule has 0 aliphatic carbocycles. The Balaban J connectivity index is 1.50. The number of halogens is 1. The predicted molar refractivity (Wildman–Crippen MR) is 120 cm³/mol. The van der Waals surface area contributed by atoms with Gasteiger partial charge in [0, 0.05) is 48.9 Å². The zero-order valence-electron chi connectivity index (χ0n) is 18.1. The molecule has 2 aliphatic heterocycles. The first kappa shape index (κ1) is 20.9. The number of piperazine rings is 1. The Morgan fingerprint density at radius 2 is 1.80 bits per heavy atom. The molecule has 2 aliphatic rings. The van der Waals surface area contributed by atoms with Crippen LogP contribution in [0, 0.1) is 20.8 Å². The minimum atomic E-state index is -0.883. The Kier molecular flexibility index (Phi) is 5.35. The van der Waals surface area contributed by atoms with Gasteiger partial charge in [-0.15, -0.1) is 0 Å². The maximum Gasteiger partial charge on any atom is 0.266 e. The molecular weight excluding hydrogens is 400 g/mol. The van der Waals surface area contributed by atoms with E-state index in [2.05, 4.69) is 11.0 Å². The second-order valence-corrected chi connectivity index (χ2v) is 9.06. The van der Waals surface area contributed by atoms with Crippen LogP contribution in [0.3, 0.4) is 0 Å². The molecule has 2 aromatic carbocycles. The molecule has 2 aromatic rings. The Bertz CT molecular complexity index is 998. The lowest BCUT2D eigenvalue weighted by Crippen LogP contribution is -2.57. The molecule has 1 atom stereocenters. The predicted octanol–water partition coefficient (Wildman–Crippen LogP) is 4.40. The highest BCUT2D eigenvalue weighted by molar-refractivity contribution is 6.30. The molecular formula is C24H29ClN2O3. The third-order valence-corrected chi connectivity index (χ3v) is 6.95. The van der Waals surface area contributed by atoms with E-state index in [1.165, 1.54) is 0 Å². The number of aromatic hydroxyl groups is 1. The number of phenolic OH excluding ortho intramolecular Hbond substituents is 1. The molecule has 0 saturated carbocycles. The summed E-state index contributed by atoms with van der Waals surface area (Å²) in [6.07, 6.45) is 1.33. The van der Waals surface area contributed by atoms with E-state index in [-0.39, 0.29) is 5.91 Å². The summed E-state index contributed by atoms with van der Waals surface area (Å²) in [5.41, 5.74) is 3.82. The lowest BCUT2D eigenvalue weighted by atomic mass is 9.86. The van der Waals surface area contributed by atoms with E-state index < -0.39 is 5.60 Å². The maximum absolute atomic E-state index is 13.4. The minimum absolute atomic E-state index is 0.0432. The van der Waals surface area contributed by atoms with Crippen molar-refractivity contribution in [3.8, 4) is 11.5 Å². The van der Waals surface area contributed by atoms with Crippen molar-refractivity contribution in [1.82, 2.24) is 4.90 Å². The van der Waals surface area contributed by atoms with Crippen LogP contribution in [-0.2, 0) is 11.2 Å². The van der Waals surface area contributed by atoms with Gasteiger partial charge < -0.3 is 19.6 Å². The highest BCUT2D eigenvalue weighted by Crippen LogP contribution is 2.43. The topological polar surface area (TPSA) is 53.0 Å². The highest BCUT2D eigenvalue weighted by Gasteiger charge is 2.43. The first-order valence-electron chi connectivity index (χ1n) is 10.5. The Morgan fingerprint density at radius 1 is 1.10 bits per heavy atom. The van der Waals surface area contributed by atoms with Crippen molar-refractivity contribution in [3.05, 3.63) is 51.5 Å². The summed E-state index contributed by atoms with van der Waals surface area (Å²) in [5.74, 6) is 1.14. The lowest BCUT2D eigenvalue weighted by molar-refractivity contribution is -0.148. The van der Waals surface area contributed by atoms with Gasteiger partial charge >= 0.3 is 0 Å². The molecule has 1 N–H and O–H groups in total. The number of hydrogen-bond donors (Lipinski definition) is 1. The fourth-order valence-electron chi connectivity index (χ4n) is 4.57. The molecule has 0 radical (unpaired) electrons. The molecule has 1 unspecified atom stereocenters. The van der Waals surface area contributed by atoms with E-state index >= 15 is 0 Å². The first-order valence-corrected chi connectivity index (χ1v) is 10.9. The van der Waals surface area contributed by atoms with Gasteiger partial charge in [0.05, 0.1) is 0 Å². The van der Waals surface area contributed by atoms with Gasteiger partial charge in [-0.3, -0.25) is 4.79 Å². The van der Waals surface area contributed by atoms with E-state index in [1.807, 2.05) is 50.8 Å². The van der Waals surface area contributed by atoms with Gasteiger partial charge in [-0.1, -0.05) is 17.7 Å². The zero-order valence-corrected chi connectivity index (χ0v) is 18.8. The van der Waals surface area contributed by atoms with Crippen LogP contribution in [0.25, 0.3) is 0 Å². The molecule has 0 bridgehead atoms. The van der Waals surface area contributed by atoms with E-state index in [9.17, 15) is 9.90 Å². The standard InChI is InChI=1S/C24H29ClN2O3/c1-15-16(2)22-20(17(3)21(15)28)8-9-24(4,30-22)23(29)27-12-10-26(11-13-27)19-7-5-6-18(25)14-19/h5-7,14,28H,8-13H2,1-4H3. The maximum atomic E-state index is 13.4. The molecule has 1 fully saturated rings. The van der Waals surface area contributed by atoms with Crippen molar-refractivity contribution >= 4 is 23.2 Å². The summed E-state index contributed by atoms with van der Waals surface area (Å²) in [6, 6.07) is 7.84. The van der Waals surface area contributed by atoms with Crippen molar-refractivity contribution < 1.29 is 14.6 Å². The minimum Gasteiger partial charge on any atom is -0.507 e. The number of ether oxygens (including phenoxy) is 1. The molecule has 0 aromatic heterocycles. The number of amides is 1. The lowest BCUT2D eigenvalue weighted by Gasteiger charge is -2.42. The van der Waals surface area contributed by atoms with Crippen molar-refractivity contribution in [1.29, 1.82) is 0 Å². The summed E-state index contributed by atoms with van der Waals surface area (Å²) in [4.78, 5) is 17.6. The average molecular weight is 429 g/mol. The van der Waals surface area contributed by atoms with Crippen molar-refractivity contribution in [2.24, 2.45) is 0 Å². The van der Waals surface area contributed by atoms with Gasteiger partial charge in [-0.05, 0) is 69.0 Å². The molecule has 1 amide bonds. The van der Waals surface area contributed by atoms with Gasteiger partial charge in [0.1, 0.15) is 11.5 Å². The fourth-order valence-corrected chi connectivity index (χ4v) is 4.76. The summed E-state index contributed by atoms with van der Waals surface area (Å²) in [5, 5.41) is 11.1. The molecule has 30 heavy (non-hydrogen) atoms. The van der Waals surface area contributed by atoms with Gasteiger partial charge in [0.25, 0.3) is 5.91 Å². The first-order chi connectivity index (χ1) is 14.2.